The maximum Gasteiger partial charge on any atom is 0.213 e. The highest BCUT2D eigenvalue weighted by Gasteiger charge is 2.09. The summed E-state index contributed by atoms with van der Waals surface area (Å²) in [6.45, 7) is 1.13. The Balaban J connectivity index is 0.000000254. The molecule has 0 aliphatic rings. The average Bonchev–Trinajstić information content (AvgIpc) is 2.50. The quantitative estimate of drug-likeness (QED) is 0.433. The van der Waals surface area contributed by atoms with Crippen molar-refractivity contribution < 1.29 is 20.0 Å². The van der Waals surface area contributed by atoms with Crippen LogP contribution in [-0.4, -0.2) is 17.2 Å². The molecule has 1 aromatic heterocycles. The Hall–Kier alpha value is -2.86. The van der Waals surface area contributed by atoms with E-state index in [1.165, 1.54) is 0 Å². The van der Waals surface area contributed by atoms with Crippen LogP contribution in [0.4, 0.5) is 11.4 Å². The Morgan fingerprint density at radius 1 is 1.18 bits per heavy atom. The molecule has 0 fully saturated rings. The van der Waals surface area contributed by atoms with Gasteiger partial charge in [-0.25, -0.2) is 4.98 Å². The van der Waals surface area contributed by atoms with Crippen molar-refractivity contribution in [1.29, 1.82) is 0 Å². The van der Waals surface area contributed by atoms with Gasteiger partial charge in [0.15, 0.2) is 0 Å². The molecule has 2 aromatic carbocycles. The largest absolute Gasteiger partial charge is 0.547 e. The molecule has 0 aliphatic heterocycles. The molecule has 1 atom stereocenters. The highest BCUT2D eigenvalue weighted by molar-refractivity contribution is 5.99. The first-order valence-corrected chi connectivity index (χ1v) is 6.68. The van der Waals surface area contributed by atoms with Crippen LogP contribution < -0.4 is 21.6 Å². The summed E-state index contributed by atoms with van der Waals surface area (Å²) in [4.78, 5) is 12.7. The van der Waals surface area contributed by atoms with Crippen molar-refractivity contribution in [2.45, 2.75) is 13.0 Å². The zero-order valence-corrected chi connectivity index (χ0v) is 12.0. The molecule has 0 spiro atoms. The molecule has 3 rings (SSSR count). The fourth-order valence-electron chi connectivity index (χ4n) is 1.96. The molecule has 22 heavy (non-hydrogen) atoms. The molecule has 0 saturated heterocycles. The molecular formula is C16H17N3O3. The number of rotatable bonds is 1. The number of H-pyrrole nitrogens is 1. The van der Waals surface area contributed by atoms with Gasteiger partial charge in [-0.3, -0.25) is 0 Å². The molecule has 6 N–H and O–H groups in total. The SMILES string of the molecule is CC(O)C(=O)[O-].Nc1ccc2[nH+]c3ccccc3cc2c1N. The molecule has 0 radical (unpaired) electrons. The highest BCUT2D eigenvalue weighted by atomic mass is 16.4. The number of hydrogen-bond donors (Lipinski definition) is 3. The van der Waals surface area contributed by atoms with E-state index in [9.17, 15) is 9.90 Å². The average molecular weight is 299 g/mol. The third-order valence-electron chi connectivity index (χ3n) is 3.19. The minimum absolute atomic E-state index is 0.621. The number of carboxylic acid groups (broad SMARTS) is 1. The van der Waals surface area contributed by atoms with Gasteiger partial charge in [-0.1, -0.05) is 12.1 Å². The van der Waals surface area contributed by atoms with Gasteiger partial charge in [0.25, 0.3) is 0 Å². The van der Waals surface area contributed by atoms with Crippen molar-refractivity contribution in [1.82, 2.24) is 0 Å². The second-order valence-electron chi connectivity index (χ2n) is 4.88. The van der Waals surface area contributed by atoms with E-state index in [1.807, 2.05) is 36.4 Å². The number of aromatic nitrogens is 1. The van der Waals surface area contributed by atoms with Crippen LogP contribution in [0.1, 0.15) is 6.92 Å². The molecule has 1 heterocycles. The Morgan fingerprint density at radius 2 is 1.82 bits per heavy atom. The third kappa shape index (κ3) is 3.24. The maximum absolute atomic E-state index is 9.34. The van der Waals surface area contributed by atoms with Gasteiger partial charge in [0.05, 0.1) is 28.8 Å². The molecule has 114 valence electrons. The van der Waals surface area contributed by atoms with Crippen molar-refractivity contribution in [3.05, 3.63) is 42.5 Å². The van der Waals surface area contributed by atoms with Gasteiger partial charge < -0.3 is 26.5 Å². The minimum Gasteiger partial charge on any atom is -0.547 e. The minimum atomic E-state index is -1.44. The van der Waals surface area contributed by atoms with Crippen LogP contribution >= 0.6 is 0 Å². The van der Waals surface area contributed by atoms with Gasteiger partial charge in [0.2, 0.25) is 11.0 Å². The molecule has 0 saturated carbocycles. The van der Waals surface area contributed by atoms with Crippen molar-refractivity contribution >= 4 is 39.1 Å². The van der Waals surface area contributed by atoms with Crippen LogP contribution in [0.25, 0.3) is 21.8 Å². The van der Waals surface area contributed by atoms with Gasteiger partial charge in [0.1, 0.15) is 0 Å². The van der Waals surface area contributed by atoms with Crippen LogP contribution in [0, 0.1) is 0 Å². The number of carbonyl (C=O) groups is 1. The standard InChI is InChI=1S/C13H11N3.C3H6O3/c14-10-5-6-12-9(13(10)15)7-8-3-1-2-4-11(8)16-12;1-2(4)3(5)6/h1-7H,14-15H2;2,4H,1H3,(H,5,6). The lowest BCUT2D eigenvalue weighted by Crippen LogP contribution is -2.32. The number of aromatic amines is 1. The van der Waals surface area contributed by atoms with Crippen molar-refractivity contribution in [3.8, 4) is 0 Å². The Morgan fingerprint density at radius 3 is 2.45 bits per heavy atom. The van der Waals surface area contributed by atoms with E-state index in [0.717, 1.165) is 28.7 Å². The van der Waals surface area contributed by atoms with Crippen molar-refractivity contribution in [3.63, 3.8) is 0 Å². The molecule has 3 aromatic rings. The zero-order valence-electron chi connectivity index (χ0n) is 12.0. The van der Waals surface area contributed by atoms with Gasteiger partial charge in [-0.2, -0.15) is 0 Å². The first-order valence-electron chi connectivity index (χ1n) is 6.68. The molecular weight excluding hydrogens is 282 g/mol. The molecule has 0 aliphatic carbocycles. The molecule has 0 bridgehead atoms. The molecule has 1 unspecified atom stereocenters. The predicted molar refractivity (Wildman–Crippen MR) is 83.5 cm³/mol. The number of nitrogens with one attached hydrogen (secondary N) is 1. The maximum atomic E-state index is 9.34. The summed E-state index contributed by atoms with van der Waals surface area (Å²) in [6.07, 6.45) is -1.34. The summed E-state index contributed by atoms with van der Waals surface area (Å²) >= 11 is 0. The zero-order chi connectivity index (χ0) is 16.3. The first kappa shape index (κ1) is 15.5. The number of fused-ring (bicyclic) bond motifs is 2. The van der Waals surface area contributed by atoms with Crippen molar-refractivity contribution in [2.24, 2.45) is 0 Å². The first-order chi connectivity index (χ1) is 10.4. The number of aliphatic hydroxyl groups excluding tert-OH is 1. The Labute approximate surface area is 127 Å². The van der Waals surface area contributed by atoms with Gasteiger partial charge >= 0.3 is 0 Å². The van der Waals surface area contributed by atoms with E-state index in [4.69, 9.17) is 16.6 Å². The van der Waals surface area contributed by atoms with Gasteiger partial charge in [0, 0.05) is 17.5 Å². The summed E-state index contributed by atoms with van der Waals surface area (Å²) in [7, 11) is 0. The number of aliphatic carboxylic acids is 1. The summed E-state index contributed by atoms with van der Waals surface area (Å²) < 4.78 is 0. The topological polar surface area (TPSA) is 127 Å². The van der Waals surface area contributed by atoms with E-state index in [0.29, 0.717) is 11.4 Å². The monoisotopic (exact) mass is 299 g/mol. The number of anilines is 2. The number of pyridine rings is 1. The van der Waals surface area contributed by atoms with Gasteiger partial charge in [-0.05, 0) is 25.1 Å². The van der Waals surface area contributed by atoms with E-state index < -0.39 is 12.1 Å². The Kier molecular flexibility index (Phi) is 4.43. The lowest BCUT2D eigenvalue weighted by atomic mass is 10.1. The number of benzene rings is 2. The second-order valence-corrected chi connectivity index (χ2v) is 4.88. The number of nitrogens with two attached hydrogens (primary N) is 2. The lowest BCUT2D eigenvalue weighted by molar-refractivity contribution is -0.314. The highest BCUT2D eigenvalue weighted by Crippen LogP contribution is 2.26. The molecule has 6 nitrogen and oxygen atoms in total. The second kappa shape index (κ2) is 6.28. The van der Waals surface area contributed by atoms with E-state index >= 15 is 0 Å². The van der Waals surface area contributed by atoms with Crippen LogP contribution in [0.2, 0.25) is 0 Å². The van der Waals surface area contributed by atoms with E-state index in [1.54, 1.807) is 0 Å². The smallest absolute Gasteiger partial charge is 0.213 e. The fourth-order valence-corrected chi connectivity index (χ4v) is 1.96. The summed E-state index contributed by atoms with van der Waals surface area (Å²) in [6, 6.07) is 13.9. The summed E-state index contributed by atoms with van der Waals surface area (Å²) in [5.74, 6) is -1.44. The summed E-state index contributed by atoms with van der Waals surface area (Å²) in [5, 5.41) is 19.4. The lowest BCUT2D eigenvalue weighted by Gasteiger charge is -2.02. The molecule has 6 heteroatoms. The van der Waals surface area contributed by atoms with Crippen molar-refractivity contribution in [2.75, 3.05) is 11.5 Å². The van der Waals surface area contributed by atoms with Crippen LogP contribution in [0.3, 0.4) is 0 Å². The Bertz CT molecular complexity index is 831. The number of carboxylic acids is 1. The van der Waals surface area contributed by atoms with E-state index in [-0.39, 0.29) is 0 Å². The van der Waals surface area contributed by atoms with Crippen LogP contribution in [0.5, 0.6) is 0 Å². The summed E-state index contributed by atoms with van der Waals surface area (Å²) in [5.41, 5.74) is 15.1. The van der Waals surface area contributed by atoms with E-state index in [2.05, 4.69) is 11.1 Å². The normalized spacial score (nSPS) is 11.7. The van der Waals surface area contributed by atoms with Gasteiger partial charge in [-0.15, -0.1) is 0 Å². The predicted octanol–water partition coefficient (Wildman–Crippen LogP) is 0.0886. The number of carbonyl (C=O) groups excluding carboxylic acids is 1. The molecule has 0 amide bonds. The fraction of sp³-hybridized carbons (Fsp3) is 0.125. The van der Waals surface area contributed by atoms with Crippen LogP contribution in [-0.2, 0) is 4.79 Å². The third-order valence-corrected chi connectivity index (χ3v) is 3.19. The number of hydrogen-bond acceptors (Lipinski definition) is 5. The number of nitrogen functional groups attached to an aromatic ring is 2. The number of aliphatic hydroxyl groups is 1. The van der Waals surface area contributed by atoms with Crippen LogP contribution in [0.15, 0.2) is 42.5 Å². The number of para-hydroxylation sites is 1.